The molecule has 0 radical (unpaired) electrons. The molecule has 78 valence electrons. The third kappa shape index (κ3) is 3.46. The lowest BCUT2D eigenvalue weighted by atomic mass is 10.0. The largest absolute Gasteiger partial charge is 0.278 e. The Morgan fingerprint density at radius 2 is 2.07 bits per heavy atom. The zero-order chi connectivity index (χ0) is 10.4. The van der Waals surface area contributed by atoms with E-state index in [4.69, 9.17) is 9.68 Å². The SMILES string of the molecule is C=C1C=CC(CCN(OC)OC)=CC1. The minimum atomic E-state index is 0.732. The third-order valence-electron chi connectivity index (χ3n) is 2.15. The van der Waals surface area contributed by atoms with E-state index in [1.165, 1.54) is 10.8 Å². The van der Waals surface area contributed by atoms with Crippen molar-refractivity contribution in [3.8, 4) is 0 Å². The van der Waals surface area contributed by atoms with Crippen LogP contribution in [-0.4, -0.2) is 26.0 Å². The lowest BCUT2D eigenvalue weighted by molar-refractivity contribution is -0.341. The second-order valence-electron chi connectivity index (χ2n) is 3.15. The monoisotopic (exact) mass is 195 g/mol. The second kappa shape index (κ2) is 5.75. The molecule has 14 heavy (non-hydrogen) atoms. The number of hydrogen-bond donors (Lipinski definition) is 0. The first-order valence-corrected chi connectivity index (χ1v) is 4.67. The molecule has 1 rings (SSSR count). The predicted octanol–water partition coefficient (Wildman–Crippen LogP) is 2.24. The summed E-state index contributed by atoms with van der Waals surface area (Å²) >= 11 is 0. The molecule has 0 aromatic rings. The predicted molar refractivity (Wildman–Crippen MR) is 56.3 cm³/mol. The molecule has 0 spiro atoms. The van der Waals surface area contributed by atoms with Gasteiger partial charge in [-0.1, -0.05) is 41.2 Å². The number of allylic oxidation sites excluding steroid dienone is 4. The summed E-state index contributed by atoms with van der Waals surface area (Å²) in [6, 6.07) is 0. The van der Waals surface area contributed by atoms with Crippen molar-refractivity contribution in [3.05, 3.63) is 36.0 Å². The smallest absolute Gasteiger partial charge is 0.0601 e. The van der Waals surface area contributed by atoms with Crippen molar-refractivity contribution in [2.24, 2.45) is 0 Å². The summed E-state index contributed by atoms with van der Waals surface area (Å²) in [4.78, 5) is 9.91. The van der Waals surface area contributed by atoms with E-state index < -0.39 is 0 Å². The van der Waals surface area contributed by atoms with Gasteiger partial charge >= 0.3 is 0 Å². The average molecular weight is 195 g/mol. The van der Waals surface area contributed by atoms with Gasteiger partial charge in [0.25, 0.3) is 0 Å². The summed E-state index contributed by atoms with van der Waals surface area (Å²) in [6.07, 6.45) is 8.21. The van der Waals surface area contributed by atoms with Crippen molar-refractivity contribution in [1.29, 1.82) is 0 Å². The lowest BCUT2D eigenvalue weighted by Crippen LogP contribution is -2.22. The van der Waals surface area contributed by atoms with Gasteiger partial charge in [-0.25, -0.2) is 0 Å². The van der Waals surface area contributed by atoms with Crippen molar-refractivity contribution in [1.82, 2.24) is 5.23 Å². The van der Waals surface area contributed by atoms with E-state index in [1.807, 2.05) is 0 Å². The molecular weight excluding hydrogens is 178 g/mol. The number of nitrogens with zero attached hydrogens (tertiary/aromatic N) is 1. The molecule has 0 atom stereocenters. The van der Waals surface area contributed by atoms with Crippen LogP contribution in [-0.2, 0) is 9.68 Å². The van der Waals surface area contributed by atoms with Gasteiger partial charge in [-0.3, -0.25) is 9.68 Å². The molecule has 0 amide bonds. The van der Waals surface area contributed by atoms with Crippen molar-refractivity contribution >= 4 is 0 Å². The molecule has 3 heteroatoms. The van der Waals surface area contributed by atoms with E-state index in [9.17, 15) is 0 Å². The van der Waals surface area contributed by atoms with Crippen LogP contribution in [0.4, 0.5) is 0 Å². The lowest BCUT2D eigenvalue weighted by Gasteiger charge is -2.17. The Labute approximate surface area is 85.2 Å². The van der Waals surface area contributed by atoms with Crippen LogP contribution in [0, 0.1) is 0 Å². The maximum atomic E-state index is 4.95. The number of hydrogen-bond acceptors (Lipinski definition) is 3. The van der Waals surface area contributed by atoms with Crippen LogP contribution < -0.4 is 0 Å². The highest BCUT2D eigenvalue weighted by Gasteiger charge is 2.04. The highest BCUT2D eigenvalue weighted by Crippen LogP contribution is 2.16. The minimum absolute atomic E-state index is 0.732. The highest BCUT2D eigenvalue weighted by molar-refractivity contribution is 5.33. The number of rotatable bonds is 5. The maximum absolute atomic E-state index is 4.95. The van der Waals surface area contributed by atoms with Gasteiger partial charge in [-0.05, 0) is 12.8 Å². The fraction of sp³-hybridized carbons (Fsp3) is 0.455. The van der Waals surface area contributed by atoms with Gasteiger partial charge in [0, 0.05) is 0 Å². The molecule has 0 aliphatic heterocycles. The quantitative estimate of drug-likeness (QED) is 0.628. The third-order valence-corrected chi connectivity index (χ3v) is 2.15. The summed E-state index contributed by atoms with van der Waals surface area (Å²) in [5, 5.41) is 1.46. The first kappa shape index (κ1) is 11.2. The van der Waals surface area contributed by atoms with Crippen LogP contribution in [0.1, 0.15) is 12.8 Å². The molecule has 0 heterocycles. The molecule has 0 fully saturated rings. The van der Waals surface area contributed by atoms with Crippen LogP contribution in [0.25, 0.3) is 0 Å². The Kier molecular flexibility index (Phi) is 4.59. The molecular formula is C11H17NO2. The van der Waals surface area contributed by atoms with E-state index in [2.05, 4.69) is 24.8 Å². The maximum Gasteiger partial charge on any atom is 0.0601 e. The molecule has 0 aromatic heterocycles. The van der Waals surface area contributed by atoms with Crippen LogP contribution >= 0.6 is 0 Å². The van der Waals surface area contributed by atoms with E-state index in [1.54, 1.807) is 14.2 Å². The Bertz CT molecular complexity index is 252. The van der Waals surface area contributed by atoms with Crippen LogP contribution in [0.3, 0.4) is 0 Å². The highest BCUT2D eigenvalue weighted by atomic mass is 16.9. The van der Waals surface area contributed by atoms with Crippen molar-refractivity contribution in [2.75, 3.05) is 20.8 Å². The van der Waals surface area contributed by atoms with Crippen LogP contribution in [0.15, 0.2) is 36.0 Å². The van der Waals surface area contributed by atoms with E-state index in [0.29, 0.717) is 0 Å². The van der Waals surface area contributed by atoms with E-state index in [-0.39, 0.29) is 0 Å². The first-order valence-electron chi connectivity index (χ1n) is 4.67. The summed E-state index contributed by atoms with van der Waals surface area (Å²) < 4.78 is 0. The summed E-state index contributed by atoms with van der Waals surface area (Å²) in [6.45, 7) is 4.62. The fourth-order valence-electron chi connectivity index (χ4n) is 1.29. The molecule has 0 unspecified atom stereocenters. The standard InChI is InChI=1S/C11H17NO2/c1-10-4-6-11(7-5-10)8-9-12(13-2)14-3/h4,6-7H,1,5,8-9H2,2-3H3. The molecule has 3 nitrogen and oxygen atoms in total. The van der Waals surface area contributed by atoms with E-state index in [0.717, 1.165) is 25.0 Å². The van der Waals surface area contributed by atoms with Gasteiger partial charge in [-0.15, -0.1) is 0 Å². The Hall–Kier alpha value is -0.900. The molecule has 0 saturated heterocycles. The molecule has 1 aliphatic rings. The van der Waals surface area contributed by atoms with Gasteiger partial charge in [0.15, 0.2) is 0 Å². The Morgan fingerprint density at radius 3 is 2.57 bits per heavy atom. The molecule has 0 bridgehead atoms. The Balaban J connectivity index is 2.32. The summed E-state index contributed by atoms with van der Waals surface area (Å²) in [5.74, 6) is 0. The topological polar surface area (TPSA) is 21.7 Å². The number of hydroxylamine groups is 2. The van der Waals surface area contributed by atoms with Crippen LogP contribution in [0.2, 0.25) is 0 Å². The van der Waals surface area contributed by atoms with Crippen molar-refractivity contribution in [3.63, 3.8) is 0 Å². The van der Waals surface area contributed by atoms with Gasteiger partial charge in [0.2, 0.25) is 0 Å². The van der Waals surface area contributed by atoms with Gasteiger partial charge in [0.05, 0.1) is 20.8 Å². The molecule has 0 saturated carbocycles. The second-order valence-corrected chi connectivity index (χ2v) is 3.15. The summed E-state index contributed by atoms with van der Waals surface area (Å²) in [5.41, 5.74) is 2.46. The van der Waals surface area contributed by atoms with Crippen molar-refractivity contribution in [2.45, 2.75) is 12.8 Å². The van der Waals surface area contributed by atoms with Gasteiger partial charge in [-0.2, -0.15) is 0 Å². The van der Waals surface area contributed by atoms with Crippen LogP contribution in [0.5, 0.6) is 0 Å². The molecule has 0 aromatic carbocycles. The molecule has 0 N–H and O–H groups in total. The zero-order valence-electron chi connectivity index (χ0n) is 8.82. The van der Waals surface area contributed by atoms with Gasteiger partial charge in [0.1, 0.15) is 0 Å². The average Bonchev–Trinajstić information content (AvgIpc) is 2.22. The fourth-order valence-corrected chi connectivity index (χ4v) is 1.29. The van der Waals surface area contributed by atoms with Crippen molar-refractivity contribution < 1.29 is 9.68 Å². The zero-order valence-corrected chi connectivity index (χ0v) is 8.82. The van der Waals surface area contributed by atoms with E-state index >= 15 is 0 Å². The minimum Gasteiger partial charge on any atom is -0.278 e. The Morgan fingerprint density at radius 1 is 1.36 bits per heavy atom. The van der Waals surface area contributed by atoms with Gasteiger partial charge < -0.3 is 0 Å². The summed E-state index contributed by atoms with van der Waals surface area (Å²) in [7, 11) is 3.19. The molecule has 1 aliphatic carbocycles. The first-order chi connectivity index (χ1) is 6.76. The normalized spacial score (nSPS) is 16.2.